The summed E-state index contributed by atoms with van der Waals surface area (Å²) < 4.78 is 9.59. The molecule has 10 nitrogen and oxygen atoms in total. The molecule has 34 heavy (non-hydrogen) atoms. The highest BCUT2D eigenvalue weighted by atomic mass is 16.5. The van der Waals surface area contributed by atoms with E-state index in [-0.39, 0.29) is 18.0 Å². The van der Waals surface area contributed by atoms with E-state index >= 15 is 0 Å². The number of nitrogens with one attached hydrogen (secondary N) is 1. The van der Waals surface area contributed by atoms with E-state index in [0.717, 1.165) is 55.1 Å². The molecule has 4 rings (SSSR count). The number of nitrogens with zero attached hydrogens (tertiary/aromatic N) is 5. The summed E-state index contributed by atoms with van der Waals surface area (Å²) in [5.74, 6) is 0.751. The number of hydrogen-bond donors (Lipinski definition) is 1. The summed E-state index contributed by atoms with van der Waals surface area (Å²) >= 11 is 0. The molecule has 3 aromatic rings. The molecule has 0 saturated carbocycles. The Labute approximate surface area is 197 Å². The van der Waals surface area contributed by atoms with Crippen LogP contribution in [-0.2, 0) is 25.4 Å². The Morgan fingerprint density at radius 3 is 2.50 bits per heavy atom. The van der Waals surface area contributed by atoms with E-state index in [1.807, 2.05) is 18.2 Å². The Bertz CT molecular complexity index is 1280. The molecule has 1 fully saturated rings. The molecule has 1 aliphatic rings. The number of benzene rings is 1. The molecule has 0 bridgehead atoms. The number of carbonyl (C=O) groups is 1. The van der Waals surface area contributed by atoms with Crippen molar-refractivity contribution in [2.75, 3.05) is 51.3 Å². The number of hydrogen-bond acceptors (Lipinski definition) is 6. The second-order valence-corrected chi connectivity index (χ2v) is 8.59. The van der Waals surface area contributed by atoms with E-state index in [4.69, 9.17) is 4.74 Å². The molecule has 3 heterocycles. The fourth-order valence-corrected chi connectivity index (χ4v) is 4.56. The van der Waals surface area contributed by atoms with Crippen LogP contribution in [0.3, 0.4) is 0 Å². The minimum Gasteiger partial charge on any atom is -0.495 e. The van der Waals surface area contributed by atoms with Gasteiger partial charge in [0.2, 0.25) is 5.91 Å². The first-order valence-electron chi connectivity index (χ1n) is 11.5. The third-order valence-corrected chi connectivity index (χ3v) is 6.45. The van der Waals surface area contributed by atoms with Crippen molar-refractivity contribution in [3.8, 4) is 5.75 Å². The average molecular weight is 469 g/mol. The van der Waals surface area contributed by atoms with Crippen LogP contribution in [-0.4, -0.2) is 70.9 Å². The van der Waals surface area contributed by atoms with Crippen LogP contribution in [0.25, 0.3) is 11.0 Å². The summed E-state index contributed by atoms with van der Waals surface area (Å²) in [6, 6.07) is 9.74. The Morgan fingerprint density at radius 1 is 1.03 bits per heavy atom. The third-order valence-electron chi connectivity index (χ3n) is 6.45. The lowest BCUT2D eigenvalue weighted by atomic mass is 10.2. The fourth-order valence-electron chi connectivity index (χ4n) is 4.56. The van der Waals surface area contributed by atoms with Crippen LogP contribution in [0.1, 0.15) is 6.42 Å². The molecule has 1 N–H and O–H groups in total. The fraction of sp³-hybridized carbons (Fsp3) is 0.458. The molecule has 0 radical (unpaired) electrons. The van der Waals surface area contributed by atoms with Crippen molar-refractivity contribution >= 4 is 22.6 Å². The number of rotatable bonds is 8. The molecular formula is C24H32N6O4. The maximum atomic E-state index is 12.5. The standard InChI is InChI=1S/C24H32N6O4/c1-26-22-18(23(32)27(2)24(26)33)9-12-30(22)17-21(31)25-10-6-11-28-13-15-29(16-14-28)19-7-4-5-8-20(19)34-3/h4-5,7-9,12H,6,10-11,13-17H2,1-3H3,(H,25,31). The molecule has 182 valence electrons. The van der Waals surface area contributed by atoms with Gasteiger partial charge in [0.15, 0.2) is 0 Å². The number of carbonyl (C=O) groups excluding carboxylic acids is 1. The summed E-state index contributed by atoms with van der Waals surface area (Å²) in [7, 11) is 4.75. The molecule has 10 heteroatoms. The highest BCUT2D eigenvalue weighted by Gasteiger charge is 2.19. The van der Waals surface area contributed by atoms with Gasteiger partial charge >= 0.3 is 5.69 Å². The molecule has 0 spiro atoms. The monoisotopic (exact) mass is 468 g/mol. The Hall–Kier alpha value is -3.53. The van der Waals surface area contributed by atoms with Crippen molar-refractivity contribution < 1.29 is 9.53 Å². The molecule has 0 aliphatic carbocycles. The van der Waals surface area contributed by atoms with Crippen molar-refractivity contribution in [2.45, 2.75) is 13.0 Å². The van der Waals surface area contributed by atoms with Crippen LogP contribution in [0.5, 0.6) is 5.75 Å². The zero-order chi connectivity index (χ0) is 24.2. The van der Waals surface area contributed by atoms with Crippen LogP contribution < -0.4 is 26.2 Å². The molecule has 0 atom stereocenters. The maximum Gasteiger partial charge on any atom is 0.332 e. The number of aryl methyl sites for hydroxylation is 1. The summed E-state index contributed by atoms with van der Waals surface area (Å²) in [6.07, 6.45) is 2.53. The summed E-state index contributed by atoms with van der Waals surface area (Å²) in [5.41, 5.74) is 0.813. The van der Waals surface area contributed by atoms with Gasteiger partial charge in [-0.25, -0.2) is 4.79 Å². The maximum absolute atomic E-state index is 12.5. The normalized spacial score (nSPS) is 14.5. The van der Waals surface area contributed by atoms with Crippen LogP contribution in [0.15, 0.2) is 46.1 Å². The van der Waals surface area contributed by atoms with Gasteiger partial charge in [-0.1, -0.05) is 12.1 Å². The van der Waals surface area contributed by atoms with E-state index < -0.39 is 5.69 Å². The highest BCUT2D eigenvalue weighted by Crippen LogP contribution is 2.28. The van der Waals surface area contributed by atoms with Gasteiger partial charge in [-0.2, -0.15) is 0 Å². The van der Waals surface area contributed by atoms with Gasteiger partial charge in [-0.05, 0) is 31.2 Å². The summed E-state index contributed by atoms with van der Waals surface area (Å²) in [5, 5.41) is 3.37. The first-order valence-corrected chi connectivity index (χ1v) is 11.5. The van der Waals surface area contributed by atoms with E-state index in [9.17, 15) is 14.4 Å². The van der Waals surface area contributed by atoms with Crippen LogP contribution in [0.2, 0.25) is 0 Å². The Kier molecular flexibility index (Phi) is 7.06. The number of piperazine rings is 1. The Morgan fingerprint density at radius 2 is 1.76 bits per heavy atom. The first-order chi connectivity index (χ1) is 16.4. The third kappa shape index (κ3) is 4.72. The summed E-state index contributed by atoms with van der Waals surface area (Å²) in [6.45, 7) is 5.34. The predicted octanol–water partition coefficient (Wildman–Crippen LogP) is 0.376. The van der Waals surface area contributed by atoms with Gasteiger partial charge in [0.25, 0.3) is 5.56 Å². The topological polar surface area (TPSA) is 93.7 Å². The quantitative estimate of drug-likeness (QED) is 0.481. The van der Waals surface area contributed by atoms with E-state index in [1.54, 1.807) is 31.0 Å². The smallest absolute Gasteiger partial charge is 0.332 e. The van der Waals surface area contributed by atoms with E-state index in [2.05, 4.69) is 21.2 Å². The average Bonchev–Trinajstić information content (AvgIpc) is 3.28. The number of aromatic nitrogens is 3. The van der Waals surface area contributed by atoms with Crippen molar-refractivity contribution in [3.05, 3.63) is 57.4 Å². The lowest BCUT2D eigenvalue weighted by Gasteiger charge is -2.36. The number of methoxy groups -OCH3 is 1. The van der Waals surface area contributed by atoms with Gasteiger partial charge in [-0.15, -0.1) is 0 Å². The van der Waals surface area contributed by atoms with E-state index in [1.165, 1.54) is 11.6 Å². The molecular weight excluding hydrogens is 436 g/mol. The highest BCUT2D eigenvalue weighted by molar-refractivity contribution is 5.80. The van der Waals surface area contributed by atoms with Crippen molar-refractivity contribution in [3.63, 3.8) is 0 Å². The van der Waals surface area contributed by atoms with Gasteiger partial charge in [0.1, 0.15) is 17.9 Å². The predicted molar refractivity (Wildman–Crippen MR) is 132 cm³/mol. The number of fused-ring (bicyclic) bond motifs is 1. The molecule has 1 saturated heterocycles. The molecule has 1 amide bonds. The minimum atomic E-state index is -0.413. The zero-order valence-electron chi connectivity index (χ0n) is 20.0. The SMILES string of the molecule is COc1ccccc1N1CCN(CCCNC(=O)Cn2ccc3c(=O)n(C)c(=O)n(C)c32)CC1. The van der Waals surface area contributed by atoms with Gasteiger partial charge in [0.05, 0.1) is 18.2 Å². The van der Waals surface area contributed by atoms with Crippen LogP contribution in [0, 0.1) is 0 Å². The first kappa shape index (κ1) is 23.6. The van der Waals surface area contributed by atoms with E-state index in [0.29, 0.717) is 17.6 Å². The van der Waals surface area contributed by atoms with Gasteiger partial charge in [-0.3, -0.25) is 23.6 Å². The molecule has 1 aromatic carbocycles. The largest absolute Gasteiger partial charge is 0.495 e. The summed E-state index contributed by atoms with van der Waals surface area (Å²) in [4.78, 5) is 41.8. The molecule has 0 unspecified atom stereocenters. The van der Waals surface area contributed by atoms with Crippen LogP contribution >= 0.6 is 0 Å². The van der Waals surface area contributed by atoms with Gasteiger partial charge < -0.3 is 19.5 Å². The zero-order valence-corrected chi connectivity index (χ0v) is 20.0. The number of anilines is 1. The van der Waals surface area contributed by atoms with Crippen molar-refractivity contribution in [1.29, 1.82) is 0 Å². The number of amides is 1. The lowest BCUT2D eigenvalue weighted by molar-refractivity contribution is -0.121. The number of para-hydroxylation sites is 2. The molecule has 2 aromatic heterocycles. The second-order valence-electron chi connectivity index (χ2n) is 8.59. The minimum absolute atomic E-state index is 0.0571. The van der Waals surface area contributed by atoms with Crippen molar-refractivity contribution in [2.24, 2.45) is 14.1 Å². The van der Waals surface area contributed by atoms with Crippen molar-refractivity contribution in [1.82, 2.24) is 23.9 Å². The van der Waals surface area contributed by atoms with Gasteiger partial charge in [0, 0.05) is 53.0 Å². The lowest BCUT2D eigenvalue weighted by Crippen LogP contribution is -2.47. The Balaban J connectivity index is 1.24. The second kappa shape index (κ2) is 10.2. The van der Waals surface area contributed by atoms with Crippen LogP contribution in [0.4, 0.5) is 5.69 Å². The molecule has 1 aliphatic heterocycles. The number of ether oxygens (including phenoxy) is 1.